The Morgan fingerprint density at radius 3 is 2.61 bits per heavy atom. The SMILES string of the molecule is CC(Cc1cnc(-c2ccc([N+](=O)[O-])cc2[N+](=O)[O-])[nH]1)C(=O)O. The molecule has 0 amide bonds. The summed E-state index contributed by atoms with van der Waals surface area (Å²) in [6.45, 7) is 1.52. The first kappa shape index (κ1) is 16.1. The van der Waals surface area contributed by atoms with Crippen LogP contribution >= 0.6 is 0 Å². The van der Waals surface area contributed by atoms with Gasteiger partial charge < -0.3 is 10.1 Å². The minimum absolute atomic E-state index is 0.0924. The van der Waals surface area contributed by atoms with Gasteiger partial charge in [-0.2, -0.15) is 0 Å². The number of aliphatic carboxylic acids is 1. The number of nitrogens with zero attached hydrogens (tertiary/aromatic N) is 3. The molecule has 0 saturated carbocycles. The van der Waals surface area contributed by atoms with Crippen molar-refractivity contribution in [2.45, 2.75) is 13.3 Å². The van der Waals surface area contributed by atoms with Crippen LogP contribution in [0.5, 0.6) is 0 Å². The fourth-order valence-electron chi connectivity index (χ4n) is 2.00. The highest BCUT2D eigenvalue weighted by Crippen LogP contribution is 2.31. The number of rotatable bonds is 6. The average Bonchev–Trinajstić information content (AvgIpc) is 2.94. The lowest BCUT2D eigenvalue weighted by Crippen LogP contribution is -2.12. The van der Waals surface area contributed by atoms with Crippen LogP contribution in [-0.2, 0) is 11.2 Å². The number of nitrogens with one attached hydrogen (secondary N) is 1. The van der Waals surface area contributed by atoms with Crippen molar-refractivity contribution >= 4 is 17.3 Å². The van der Waals surface area contributed by atoms with Crippen molar-refractivity contribution in [1.29, 1.82) is 0 Å². The van der Waals surface area contributed by atoms with E-state index in [1.165, 1.54) is 19.2 Å². The van der Waals surface area contributed by atoms with Gasteiger partial charge in [-0.1, -0.05) is 6.92 Å². The minimum Gasteiger partial charge on any atom is -0.481 e. The number of carboxylic acid groups (broad SMARTS) is 1. The van der Waals surface area contributed by atoms with Gasteiger partial charge in [-0.15, -0.1) is 0 Å². The first-order valence-corrected chi connectivity index (χ1v) is 6.49. The molecule has 0 spiro atoms. The van der Waals surface area contributed by atoms with Crippen LogP contribution in [0.15, 0.2) is 24.4 Å². The summed E-state index contributed by atoms with van der Waals surface area (Å²) >= 11 is 0. The molecule has 0 fully saturated rings. The maximum atomic E-state index is 11.1. The zero-order valence-electron chi connectivity index (χ0n) is 11.9. The number of aromatic nitrogens is 2. The van der Waals surface area contributed by atoms with E-state index in [0.717, 1.165) is 12.1 Å². The third kappa shape index (κ3) is 3.48. The van der Waals surface area contributed by atoms with Crippen molar-refractivity contribution in [1.82, 2.24) is 9.97 Å². The topological polar surface area (TPSA) is 152 Å². The number of H-pyrrole nitrogens is 1. The van der Waals surface area contributed by atoms with E-state index in [1.807, 2.05) is 0 Å². The fraction of sp³-hybridized carbons (Fsp3) is 0.231. The molecule has 10 heteroatoms. The maximum absolute atomic E-state index is 11.1. The van der Waals surface area contributed by atoms with E-state index in [2.05, 4.69) is 9.97 Å². The summed E-state index contributed by atoms with van der Waals surface area (Å²) in [5.41, 5.74) is -0.254. The number of hydrogen-bond acceptors (Lipinski definition) is 6. The molecule has 1 unspecified atom stereocenters. The molecule has 1 aromatic heterocycles. The number of benzene rings is 1. The molecule has 1 atom stereocenters. The van der Waals surface area contributed by atoms with Gasteiger partial charge in [-0.25, -0.2) is 4.98 Å². The molecular formula is C13H12N4O6. The molecule has 1 aromatic carbocycles. The van der Waals surface area contributed by atoms with E-state index in [0.29, 0.717) is 5.69 Å². The lowest BCUT2D eigenvalue weighted by molar-refractivity contribution is -0.393. The second-order valence-electron chi connectivity index (χ2n) is 4.92. The van der Waals surface area contributed by atoms with Crippen LogP contribution in [-0.4, -0.2) is 30.9 Å². The molecule has 0 aliphatic carbocycles. The highest BCUT2D eigenvalue weighted by Gasteiger charge is 2.22. The molecule has 0 aliphatic heterocycles. The largest absolute Gasteiger partial charge is 0.481 e. The molecule has 10 nitrogen and oxygen atoms in total. The molecule has 2 aromatic rings. The first-order valence-electron chi connectivity index (χ1n) is 6.49. The number of nitro benzene ring substituents is 2. The van der Waals surface area contributed by atoms with Gasteiger partial charge in [0.05, 0.1) is 27.4 Å². The van der Waals surface area contributed by atoms with E-state index in [1.54, 1.807) is 0 Å². The van der Waals surface area contributed by atoms with Gasteiger partial charge in [0.25, 0.3) is 11.4 Å². The second-order valence-corrected chi connectivity index (χ2v) is 4.92. The van der Waals surface area contributed by atoms with Crippen LogP contribution in [0.1, 0.15) is 12.6 Å². The van der Waals surface area contributed by atoms with E-state index < -0.39 is 33.1 Å². The first-order chi connectivity index (χ1) is 10.8. The van der Waals surface area contributed by atoms with Gasteiger partial charge in [0.15, 0.2) is 0 Å². The van der Waals surface area contributed by atoms with Gasteiger partial charge >= 0.3 is 5.97 Å². The fourth-order valence-corrected chi connectivity index (χ4v) is 2.00. The molecule has 0 aliphatic rings. The van der Waals surface area contributed by atoms with Gasteiger partial charge in [0, 0.05) is 24.4 Å². The molecule has 2 rings (SSSR count). The molecule has 2 N–H and O–H groups in total. The normalized spacial score (nSPS) is 11.9. The lowest BCUT2D eigenvalue weighted by atomic mass is 10.1. The van der Waals surface area contributed by atoms with Gasteiger partial charge in [0.2, 0.25) is 0 Å². The average molecular weight is 320 g/mol. The molecule has 120 valence electrons. The Hall–Kier alpha value is -3.30. The molecule has 0 bridgehead atoms. The zero-order chi connectivity index (χ0) is 17.1. The highest BCUT2D eigenvalue weighted by atomic mass is 16.6. The minimum atomic E-state index is -0.970. The Morgan fingerprint density at radius 1 is 1.35 bits per heavy atom. The van der Waals surface area contributed by atoms with Crippen molar-refractivity contribution in [2.75, 3.05) is 0 Å². The van der Waals surface area contributed by atoms with Gasteiger partial charge in [-0.05, 0) is 6.07 Å². The Kier molecular flexibility index (Phi) is 4.35. The molecular weight excluding hydrogens is 308 g/mol. The van der Waals surface area contributed by atoms with Crippen molar-refractivity contribution in [3.63, 3.8) is 0 Å². The summed E-state index contributed by atoms with van der Waals surface area (Å²) in [5, 5.41) is 30.7. The summed E-state index contributed by atoms with van der Waals surface area (Å²) in [4.78, 5) is 38.0. The van der Waals surface area contributed by atoms with Crippen LogP contribution in [0, 0.1) is 26.1 Å². The number of non-ortho nitro benzene ring substituents is 1. The zero-order valence-corrected chi connectivity index (χ0v) is 11.9. The van der Waals surface area contributed by atoms with Gasteiger partial charge in [-0.3, -0.25) is 25.0 Å². The lowest BCUT2D eigenvalue weighted by Gasteiger charge is -2.03. The van der Waals surface area contributed by atoms with Crippen LogP contribution in [0.3, 0.4) is 0 Å². The maximum Gasteiger partial charge on any atom is 0.306 e. The van der Waals surface area contributed by atoms with Crippen molar-refractivity contribution in [3.05, 3.63) is 50.3 Å². The third-order valence-electron chi connectivity index (χ3n) is 3.22. The Labute approximate surface area is 129 Å². The predicted octanol–water partition coefficient (Wildman–Crippen LogP) is 2.16. The standard InChI is InChI=1S/C13H12N4O6/c1-7(13(18)19)4-8-6-14-12(15-8)10-3-2-9(16(20)21)5-11(10)17(22)23/h2-3,5-7H,4H2,1H3,(H,14,15)(H,18,19). The van der Waals surface area contributed by atoms with E-state index in [4.69, 9.17) is 5.11 Å². The highest BCUT2D eigenvalue weighted by molar-refractivity contribution is 5.71. The number of aromatic amines is 1. The van der Waals surface area contributed by atoms with E-state index in [-0.39, 0.29) is 17.8 Å². The number of hydrogen-bond donors (Lipinski definition) is 2. The Morgan fingerprint density at radius 2 is 2.04 bits per heavy atom. The smallest absolute Gasteiger partial charge is 0.306 e. The number of carbonyl (C=O) groups is 1. The Bertz CT molecular complexity index is 785. The van der Waals surface area contributed by atoms with Crippen LogP contribution in [0.4, 0.5) is 11.4 Å². The molecule has 23 heavy (non-hydrogen) atoms. The summed E-state index contributed by atoms with van der Waals surface area (Å²) in [7, 11) is 0. The summed E-state index contributed by atoms with van der Waals surface area (Å²) < 4.78 is 0. The van der Waals surface area contributed by atoms with Gasteiger partial charge in [0.1, 0.15) is 5.82 Å². The summed E-state index contributed by atoms with van der Waals surface area (Å²) in [6, 6.07) is 3.24. The van der Waals surface area contributed by atoms with E-state index >= 15 is 0 Å². The number of carboxylic acids is 1. The molecule has 1 heterocycles. The van der Waals surface area contributed by atoms with Crippen molar-refractivity contribution < 1.29 is 19.7 Å². The van der Waals surface area contributed by atoms with Crippen LogP contribution < -0.4 is 0 Å². The quantitative estimate of drug-likeness (QED) is 0.610. The second kappa shape index (κ2) is 6.22. The summed E-state index contributed by atoms with van der Waals surface area (Å²) in [5.74, 6) is -1.46. The number of nitro groups is 2. The summed E-state index contributed by atoms with van der Waals surface area (Å²) in [6.07, 6.45) is 1.57. The number of imidazole rings is 1. The third-order valence-corrected chi connectivity index (χ3v) is 3.22. The van der Waals surface area contributed by atoms with Crippen LogP contribution in [0.2, 0.25) is 0 Å². The van der Waals surface area contributed by atoms with E-state index in [9.17, 15) is 25.0 Å². The van der Waals surface area contributed by atoms with Crippen LogP contribution in [0.25, 0.3) is 11.4 Å². The Balaban J connectivity index is 2.39. The van der Waals surface area contributed by atoms with Crippen molar-refractivity contribution in [3.8, 4) is 11.4 Å². The van der Waals surface area contributed by atoms with Crippen molar-refractivity contribution in [2.24, 2.45) is 5.92 Å². The predicted molar refractivity (Wildman–Crippen MR) is 77.8 cm³/mol. The molecule has 0 saturated heterocycles. The molecule has 0 radical (unpaired) electrons. The monoisotopic (exact) mass is 320 g/mol.